The third-order valence-electron chi connectivity index (χ3n) is 4.45. The van der Waals surface area contributed by atoms with Crippen molar-refractivity contribution >= 4 is 0 Å². The summed E-state index contributed by atoms with van der Waals surface area (Å²) in [6, 6.07) is 8.58. The summed E-state index contributed by atoms with van der Waals surface area (Å²) in [5, 5.41) is 9.44. The van der Waals surface area contributed by atoms with Crippen molar-refractivity contribution in [3.63, 3.8) is 0 Å². The van der Waals surface area contributed by atoms with Crippen molar-refractivity contribution in [3.05, 3.63) is 35.4 Å². The number of benzene rings is 1. The Hall–Kier alpha value is -0.860. The second-order valence-electron chi connectivity index (χ2n) is 5.53. The van der Waals surface area contributed by atoms with Gasteiger partial charge in [-0.15, -0.1) is 0 Å². The number of rotatable bonds is 3. The van der Waals surface area contributed by atoms with Crippen LogP contribution in [0.3, 0.4) is 0 Å². The van der Waals surface area contributed by atoms with E-state index >= 15 is 0 Å². The first kappa shape index (κ1) is 10.3. The molecule has 0 amide bonds. The van der Waals surface area contributed by atoms with Crippen LogP contribution in [-0.4, -0.2) is 11.7 Å². The molecule has 3 N–H and O–H groups in total. The molecule has 2 saturated carbocycles. The molecule has 16 heavy (non-hydrogen) atoms. The fourth-order valence-electron chi connectivity index (χ4n) is 2.69. The van der Waals surface area contributed by atoms with Gasteiger partial charge in [0.05, 0.1) is 6.61 Å². The summed E-state index contributed by atoms with van der Waals surface area (Å²) in [5.41, 5.74) is 8.86. The molecule has 0 bridgehead atoms. The zero-order chi connectivity index (χ0) is 11.2. The van der Waals surface area contributed by atoms with E-state index in [0.29, 0.717) is 0 Å². The maximum Gasteiger partial charge on any atom is 0.0527 e. The molecule has 2 nitrogen and oxygen atoms in total. The summed E-state index contributed by atoms with van der Waals surface area (Å²) in [6.45, 7) is 0.272. The summed E-state index contributed by atoms with van der Waals surface area (Å²) >= 11 is 0. The zero-order valence-electron chi connectivity index (χ0n) is 9.58. The second-order valence-corrected chi connectivity index (χ2v) is 5.53. The van der Waals surface area contributed by atoms with Crippen LogP contribution in [0.4, 0.5) is 0 Å². The molecule has 0 saturated heterocycles. The normalized spacial score (nSPS) is 24.9. The van der Waals surface area contributed by atoms with Crippen LogP contribution in [0.25, 0.3) is 0 Å². The molecule has 3 rings (SSSR count). The fourth-order valence-corrected chi connectivity index (χ4v) is 2.69. The Kier molecular flexibility index (Phi) is 2.13. The van der Waals surface area contributed by atoms with Gasteiger partial charge in [0.1, 0.15) is 0 Å². The van der Waals surface area contributed by atoms with E-state index in [9.17, 15) is 5.11 Å². The summed E-state index contributed by atoms with van der Waals surface area (Å²) in [6.07, 6.45) is 5.67. The summed E-state index contributed by atoms with van der Waals surface area (Å²) in [7, 11) is 0. The van der Waals surface area contributed by atoms with Crippen LogP contribution in [-0.2, 0) is 11.0 Å². The Morgan fingerprint density at radius 2 is 1.81 bits per heavy atom. The van der Waals surface area contributed by atoms with E-state index in [-0.39, 0.29) is 17.6 Å². The molecule has 0 radical (unpaired) electrons. The van der Waals surface area contributed by atoms with Gasteiger partial charge in [-0.3, -0.25) is 0 Å². The van der Waals surface area contributed by atoms with Crippen molar-refractivity contribution in [1.82, 2.24) is 0 Å². The van der Waals surface area contributed by atoms with Crippen molar-refractivity contribution in [2.75, 3.05) is 6.61 Å². The van der Waals surface area contributed by atoms with E-state index in [4.69, 9.17) is 5.73 Å². The molecule has 0 atom stereocenters. The van der Waals surface area contributed by atoms with Crippen LogP contribution >= 0.6 is 0 Å². The Morgan fingerprint density at radius 3 is 2.31 bits per heavy atom. The van der Waals surface area contributed by atoms with Gasteiger partial charge < -0.3 is 10.8 Å². The molecule has 0 unspecified atom stereocenters. The highest BCUT2D eigenvalue weighted by Gasteiger charge is 2.44. The predicted molar refractivity (Wildman–Crippen MR) is 64.2 cm³/mol. The molecular formula is C14H19NO. The average molecular weight is 217 g/mol. The first-order chi connectivity index (χ1) is 7.69. The number of aliphatic hydroxyl groups is 1. The van der Waals surface area contributed by atoms with Crippen LogP contribution in [0.2, 0.25) is 0 Å². The third-order valence-corrected chi connectivity index (χ3v) is 4.45. The number of hydrogen-bond donors (Lipinski definition) is 2. The Bertz CT molecular complexity index is 385. The lowest BCUT2D eigenvalue weighted by atomic mass is 9.72. The summed E-state index contributed by atoms with van der Waals surface area (Å²) in [4.78, 5) is 0. The minimum Gasteiger partial charge on any atom is -0.395 e. The van der Waals surface area contributed by atoms with Crippen molar-refractivity contribution in [3.8, 4) is 0 Å². The summed E-state index contributed by atoms with van der Waals surface area (Å²) in [5.74, 6) is 0. The maximum atomic E-state index is 9.44. The summed E-state index contributed by atoms with van der Waals surface area (Å²) < 4.78 is 0. The first-order valence-electron chi connectivity index (χ1n) is 6.19. The Labute approximate surface area is 96.5 Å². The van der Waals surface area contributed by atoms with Gasteiger partial charge in [0.25, 0.3) is 0 Å². The largest absolute Gasteiger partial charge is 0.395 e. The third kappa shape index (κ3) is 1.40. The van der Waals surface area contributed by atoms with Crippen LogP contribution in [0, 0.1) is 0 Å². The molecule has 2 aliphatic carbocycles. The second kappa shape index (κ2) is 3.31. The molecule has 0 aromatic heterocycles. The number of hydrogen-bond acceptors (Lipinski definition) is 2. The lowest BCUT2D eigenvalue weighted by molar-refractivity contribution is 0.248. The van der Waals surface area contributed by atoms with Gasteiger partial charge >= 0.3 is 0 Å². The maximum absolute atomic E-state index is 9.44. The fraction of sp³-hybridized carbons (Fsp3) is 0.571. The molecule has 86 valence electrons. The lowest BCUT2D eigenvalue weighted by Crippen LogP contribution is -2.43. The molecule has 0 spiro atoms. The van der Waals surface area contributed by atoms with Crippen LogP contribution < -0.4 is 5.73 Å². The average Bonchev–Trinajstić information content (AvgIpc) is 3.07. The van der Waals surface area contributed by atoms with Crippen molar-refractivity contribution < 1.29 is 5.11 Å². The highest BCUT2D eigenvalue weighted by atomic mass is 16.3. The van der Waals surface area contributed by atoms with E-state index in [1.165, 1.54) is 17.5 Å². The van der Waals surface area contributed by atoms with E-state index in [1.807, 2.05) is 0 Å². The molecule has 2 heteroatoms. The molecule has 0 aliphatic heterocycles. The molecular weight excluding hydrogens is 198 g/mol. The Balaban J connectivity index is 1.94. The van der Waals surface area contributed by atoms with Gasteiger partial charge in [0.15, 0.2) is 0 Å². The monoisotopic (exact) mass is 217 g/mol. The minimum absolute atomic E-state index is 0.0656. The molecule has 1 aromatic rings. The minimum atomic E-state index is -0.0818. The van der Waals surface area contributed by atoms with Crippen molar-refractivity contribution in [2.24, 2.45) is 5.73 Å². The van der Waals surface area contributed by atoms with Crippen LogP contribution in [0.5, 0.6) is 0 Å². The van der Waals surface area contributed by atoms with E-state index < -0.39 is 0 Å². The van der Waals surface area contributed by atoms with Gasteiger partial charge in [-0.1, -0.05) is 24.3 Å². The lowest BCUT2D eigenvalue weighted by Gasteiger charge is -2.39. The van der Waals surface area contributed by atoms with Crippen molar-refractivity contribution in [1.29, 1.82) is 0 Å². The van der Waals surface area contributed by atoms with E-state index in [2.05, 4.69) is 24.3 Å². The van der Waals surface area contributed by atoms with Crippen LogP contribution in [0.1, 0.15) is 43.2 Å². The SMILES string of the molecule is NC1(c2cccc(C3(CO)CC3)c2)CCC1. The van der Waals surface area contributed by atoms with E-state index in [1.54, 1.807) is 0 Å². The van der Waals surface area contributed by atoms with Gasteiger partial charge in [-0.25, -0.2) is 0 Å². The zero-order valence-corrected chi connectivity index (χ0v) is 9.58. The van der Waals surface area contributed by atoms with Crippen LogP contribution in [0.15, 0.2) is 24.3 Å². The molecule has 2 fully saturated rings. The molecule has 1 aromatic carbocycles. The first-order valence-corrected chi connectivity index (χ1v) is 6.19. The quantitative estimate of drug-likeness (QED) is 0.814. The standard InChI is InChI=1S/C14H19NO/c15-14(5-2-6-14)12-4-1-3-11(9-12)13(10-16)7-8-13/h1,3-4,9,16H,2,5-8,10,15H2. The predicted octanol–water partition coefficient (Wildman–Crippen LogP) is 2.05. The Morgan fingerprint density at radius 1 is 1.12 bits per heavy atom. The highest BCUT2D eigenvalue weighted by Crippen LogP contribution is 2.49. The van der Waals surface area contributed by atoms with Gasteiger partial charge in [-0.05, 0) is 43.2 Å². The van der Waals surface area contributed by atoms with Gasteiger partial charge in [0.2, 0.25) is 0 Å². The van der Waals surface area contributed by atoms with Crippen molar-refractivity contribution in [2.45, 2.75) is 43.1 Å². The topological polar surface area (TPSA) is 46.2 Å². The highest BCUT2D eigenvalue weighted by molar-refractivity contribution is 5.38. The molecule has 0 heterocycles. The smallest absolute Gasteiger partial charge is 0.0527 e. The number of aliphatic hydroxyl groups excluding tert-OH is 1. The van der Waals surface area contributed by atoms with Gasteiger partial charge in [-0.2, -0.15) is 0 Å². The number of nitrogens with two attached hydrogens (primary N) is 1. The van der Waals surface area contributed by atoms with E-state index in [0.717, 1.165) is 25.7 Å². The molecule has 2 aliphatic rings. The van der Waals surface area contributed by atoms with Gasteiger partial charge in [0, 0.05) is 11.0 Å².